The van der Waals surface area contributed by atoms with Gasteiger partial charge in [0.15, 0.2) is 0 Å². The number of hydrogen-bond donors (Lipinski definition) is 0. The van der Waals surface area contributed by atoms with E-state index >= 15 is 0 Å². The summed E-state index contributed by atoms with van der Waals surface area (Å²) in [6, 6.07) is 0. The predicted molar refractivity (Wildman–Crippen MR) is 56.8 cm³/mol. The quantitative estimate of drug-likeness (QED) is 0.628. The van der Waals surface area contributed by atoms with Crippen molar-refractivity contribution < 1.29 is 9.37 Å². The molecule has 0 aromatic heterocycles. The number of ketones is 1. The van der Waals surface area contributed by atoms with Gasteiger partial charge in [-0.2, -0.15) is 0 Å². The molecule has 1 saturated carbocycles. The molecule has 1 heterocycles. The van der Waals surface area contributed by atoms with E-state index in [2.05, 4.69) is 10.8 Å². The third kappa shape index (κ3) is 2.43. The van der Waals surface area contributed by atoms with E-state index in [-0.39, 0.29) is 0 Å². The van der Waals surface area contributed by atoms with Crippen LogP contribution in [0.15, 0.2) is 0 Å². The average molecular weight is 194 g/mol. The summed E-state index contributed by atoms with van der Waals surface area (Å²) in [5.41, 5.74) is 0. The van der Waals surface area contributed by atoms with E-state index < -0.39 is 0 Å². The molecule has 14 heavy (non-hydrogen) atoms. The first kappa shape index (κ1) is 9.88. The largest absolute Gasteiger partial charge is 0.300 e. The molecule has 1 aliphatic carbocycles. The molecule has 2 aliphatic rings. The van der Waals surface area contributed by atoms with Gasteiger partial charge in [-0.25, -0.2) is 4.58 Å². The van der Waals surface area contributed by atoms with Crippen LogP contribution in [0.4, 0.5) is 0 Å². The molecule has 1 fully saturated rings. The van der Waals surface area contributed by atoms with E-state index in [9.17, 15) is 4.79 Å². The zero-order valence-electron chi connectivity index (χ0n) is 9.04. The first-order chi connectivity index (χ1) is 6.74. The Hall–Kier alpha value is -0.660. The minimum absolute atomic E-state index is 0.314. The highest BCUT2D eigenvalue weighted by Crippen LogP contribution is 2.30. The summed E-state index contributed by atoms with van der Waals surface area (Å²) < 4.78 is 2.39. The molecule has 78 valence electrons. The maximum atomic E-state index is 10.9. The Kier molecular flexibility index (Phi) is 2.99. The summed E-state index contributed by atoms with van der Waals surface area (Å²) in [6.07, 6.45) is 8.69. The summed E-state index contributed by atoms with van der Waals surface area (Å²) in [5.74, 6) is 2.04. The van der Waals surface area contributed by atoms with Gasteiger partial charge in [0, 0.05) is 11.8 Å². The summed E-state index contributed by atoms with van der Waals surface area (Å²) >= 11 is 0. The predicted octanol–water partition coefficient (Wildman–Crippen LogP) is 1.87. The monoisotopic (exact) mass is 194 g/mol. The first-order valence-corrected chi connectivity index (χ1v) is 5.82. The molecule has 0 amide bonds. The second kappa shape index (κ2) is 4.24. The van der Waals surface area contributed by atoms with Gasteiger partial charge in [-0.05, 0) is 26.2 Å². The van der Waals surface area contributed by atoms with Crippen LogP contribution in [-0.4, -0.2) is 29.7 Å². The van der Waals surface area contributed by atoms with Crippen LogP contribution in [0.2, 0.25) is 0 Å². The van der Waals surface area contributed by atoms with Gasteiger partial charge >= 0.3 is 0 Å². The number of hydrogen-bond acceptors (Lipinski definition) is 1. The molecular weight excluding hydrogens is 174 g/mol. The van der Waals surface area contributed by atoms with E-state index in [0.29, 0.717) is 5.78 Å². The van der Waals surface area contributed by atoms with E-state index in [0.717, 1.165) is 24.8 Å². The van der Waals surface area contributed by atoms with Crippen molar-refractivity contribution in [3.8, 4) is 0 Å². The van der Waals surface area contributed by atoms with Gasteiger partial charge < -0.3 is 0 Å². The third-order valence-corrected chi connectivity index (χ3v) is 3.49. The third-order valence-electron chi connectivity index (χ3n) is 3.49. The lowest BCUT2D eigenvalue weighted by Gasteiger charge is -2.29. The molecule has 0 aromatic rings. The topological polar surface area (TPSA) is 20.1 Å². The van der Waals surface area contributed by atoms with Crippen LogP contribution >= 0.6 is 0 Å². The van der Waals surface area contributed by atoms with Crippen molar-refractivity contribution in [3.05, 3.63) is 0 Å². The lowest BCUT2D eigenvalue weighted by Crippen LogP contribution is -2.35. The van der Waals surface area contributed by atoms with Gasteiger partial charge in [0.1, 0.15) is 25.1 Å². The number of carbonyl (C=O) groups is 1. The number of Topliss-reactive ketones (excluding diaryl/α,β-unsaturated/α-hetero) is 1. The fraction of sp³-hybridized carbons (Fsp3) is 0.833. The second-order valence-electron chi connectivity index (χ2n) is 4.89. The number of nitrogens with zero attached hydrogens (tertiary/aromatic N) is 1. The van der Waals surface area contributed by atoms with Crippen LogP contribution in [0.5, 0.6) is 0 Å². The van der Waals surface area contributed by atoms with Gasteiger partial charge in [-0.1, -0.05) is 6.42 Å². The highest BCUT2D eigenvalue weighted by atomic mass is 16.1. The molecule has 1 aliphatic heterocycles. The van der Waals surface area contributed by atoms with Gasteiger partial charge in [-0.15, -0.1) is 0 Å². The Labute approximate surface area is 86.0 Å². The van der Waals surface area contributed by atoms with Crippen LogP contribution in [0.1, 0.15) is 39.0 Å². The highest BCUT2D eigenvalue weighted by Gasteiger charge is 2.30. The van der Waals surface area contributed by atoms with Crippen molar-refractivity contribution in [3.63, 3.8) is 0 Å². The standard InChI is InChI=1S/C12H20NO/c1-10(14)5-6-13-8-11-3-2-4-12(7-11)9-13/h8,11-12H,2-7,9H2,1H3/q+1. The zero-order chi connectivity index (χ0) is 9.97. The van der Waals surface area contributed by atoms with Crippen molar-refractivity contribution in [2.45, 2.75) is 39.0 Å². The van der Waals surface area contributed by atoms with Crippen LogP contribution in [0.25, 0.3) is 0 Å². The fourth-order valence-electron chi connectivity index (χ4n) is 2.79. The first-order valence-electron chi connectivity index (χ1n) is 5.82. The second-order valence-corrected chi connectivity index (χ2v) is 4.89. The van der Waals surface area contributed by atoms with E-state index in [1.807, 2.05) is 0 Å². The number of rotatable bonds is 3. The molecule has 2 nitrogen and oxygen atoms in total. The van der Waals surface area contributed by atoms with Gasteiger partial charge in [-0.3, -0.25) is 4.79 Å². The maximum Gasteiger partial charge on any atom is 0.149 e. The van der Waals surface area contributed by atoms with E-state index in [1.165, 1.54) is 32.2 Å². The smallest absolute Gasteiger partial charge is 0.149 e. The molecular formula is C12H20NO+. The zero-order valence-corrected chi connectivity index (χ0v) is 9.04. The normalized spacial score (nSPS) is 31.1. The van der Waals surface area contributed by atoms with E-state index in [4.69, 9.17) is 0 Å². The molecule has 0 radical (unpaired) electrons. The van der Waals surface area contributed by atoms with Crippen LogP contribution < -0.4 is 0 Å². The Bertz CT molecular complexity index is 257. The molecule has 2 bridgehead atoms. The van der Waals surface area contributed by atoms with E-state index in [1.54, 1.807) is 6.92 Å². The van der Waals surface area contributed by atoms with Crippen molar-refractivity contribution in [2.24, 2.45) is 11.8 Å². The van der Waals surface area contributed by atoms with Crippen molar-refractivity contribution in [2.75, 3.05) is 13.1 Å². The molecule has 0 spiro atoms. The number of carbonyl (C=O) groups excluding carboxylic acids is 1. The highest BCUT2D eigenvalue weighted by molar-refractivity contribution is 5.75. The summed E-state index contributed by atoms with van der Waals surface area (Å²) in [5, 5.41) is 0. The minimum atomic E-state index is 0.314. The van der Waals surface area contributed by atoms with Crippen molar-refractivity contribution >= 4 is 12.0 Å². The Morgan fingerprint density at radius 2 is 2.36 bits per heavy atom. The Balaban J connectivity index is 1.92. The Morgan fingerprint density at radius 3 is 3.07 bits per heavy atom. The lowest BCUT2D eigenvalue weighted by molar-refractivity contribution is -0.538. The number of fused-ring (bicyclic) bond motifs is 2. The molecule has 0 N–H and O–H groups in total. The van der Waals surface area contributed by atoms with Crippen molar-refractivity contribution in [1.82, 2.24) is 0 Å². The molecule has 2 heteroatoms. The maximum absolute atomic E-state index is 10.9. The van der Waals surface area contributed by atoms with Crippen LogP contribution in [0, 0.1) is 11.8 Å². The summed E-state index contributed by atoms with van der Waals surface area (Å²) in [7, 11) is 0. The molecule has 2 rings (SSSR count). The van der Waals surface area contributed by atoms with Gasteiger partial charge in [0.2, 0.25) is 0 Å². The molecule has 2 unspecified atom stereocenters. The molecule has 0 aromatic carbocycles. The summed E-state index contributed by atoms with van der Waals surface area (Å²) in [6.45, 7) is 3.83. The summed E-state index contributed by atoms with van der Waals surface area (Å²) in [4.78, 5) is 10.9. The SMILES string of the molecule is CC(=O)CC[N+]1=CC2CCCC(C2)C1. The van der Waals surface area contributed by atoms with Crippen molar-refractivity contribution in [1.29, 1.82) is 0 Å². The van der Waals surface area contributed by atoms with Crippen LogP contribution in [0.3, 0.4) is 0 Å². The van der Waals surface area contributed by atoms with Crippen LogP contribution in [-0.2, 0) is 4.79 Å². The molecule has 2 atom stereocenters. The van der Waals surface area contributed by atoms with Gasteiger partial charge in [0.25, 0.3) is 0 Å². The molecule has 0 saturated heterocycles. The Morgan fingerprint density at radius 1 is 1.50 bits per heavy atom. The lowest BCUT2D eigenvalue weighted by atomic mass is 9.80. The minimum Gasteiger partial charge on any atom is -0.300 e. The average Bonchev–Trinajstić information content (AvgIpc) is 2.14. The fourth-order valence-corrected chi connectivity index (χ4v) is 2.79. The van der Waals surface area contributed by atoms with Gasteiger partial charge in [0.05, 0.1) is 6.42 Å².